The number of fused-ring (bicyclic) bond motifs is 15. The fourth-order valence-electron chi connectivity index (χ4n) is 15.3. The maximum atomic E-state index is 12.6. The van der Waals surface area contributed by atoms with Crippen molar-refractivity contribution < 1.29 is 5.11 Å². The van der Waals surface area contributed by atoms with Crippen LogP contribution in [0.5, 0.6) is 0 Å². The van der Waals surface area contributed by atoms with Gasteiger partial charge in [-0.25, -0.2) is 0 Å². The van der Waals surface area contributed by atoms with Gasteiger partial charge in [-0.2, -0.15) is 0 Å². The predicted molar refractivity (Wildman–Crippen MR) is 326 cm³/mol. The second kappa shape index (κ2) is 15.2. The van der Waals surface area contributed by atoms with E-state index in [0.29, 0.717) is 0 Å². The van der Waals surface area contributed by atoms with E-state index < -0.39 is 5.60 Å². The zero-order valence-electron chi connectivity index (χ0n) is 44.4. The van der Waals surface area contributed by atoms with Crippen molar-refractivity contribution in [3.05, 3.63) is 252 Å². The molecule has 0 amide bonds. The number of rotatable bonds is 5. The van der Waals surface area contributed by atoms with Gasteiger partial charge in [0.1, 0.15) is 5.60 Å². The van der Waals surface area contributed by atoms with Crippen LogP contribution in [0.4, 0.5) is 0 Å². The molecule has 0 aromatic heterocycles. The van der Waals surface area contributed by atoms with Crippen molar-refractivity contribution in [3.63, 3.8) is 0 Å². The minimum atomic E-state index is -1.15. The van der Waals surface area contributed by atoms with Gasteiger partial charge in [0, 0.05) is 10.8 Å². The first kappa shape index (κ1) is 44.3. The molecule has 0 saturated carbocycles. The molecule has 2 atom stereocenters. The van der Waals surface area contributed by atoms with Crippen LogP contribution in [0.3, 0.4) is 0 Å². The van der Waals surface area contributed by atoms with Crippen LogP contribution in [-0.2, 0) is 16.4 Å². The van der Waals surface area contributed by atoms with Crippen LogP contribution in [0.1, 0.15) is 74.4 Å². The summed E-state index contributed by atoms with van der Waals surface area (Å²) in [5.74, 6) is 0. The average Bonchev–Trinajstić information content (AvgIpc) is 4.39. The number of hydrogen-bond donors (Lipinski definition) is 1. The zero-order chi connectivity index (χ0) is 52.1. The minimum Gasteiger partial charge on any atom is -0.381 e. The summed E-state index contributed by atoms with van der Waals surface area (Å²) >= 11 is 0. The third-order valence-corrected chi connectivity index (χ3v) is 19.6. The van der Waals surface area contributed by atoms with Gasteiger partial charge in [0.15, 0.2) is 0 Å². The molecule has 5 aliphatic carbocycles. The Bertz CT molecular complexity index is 4420. The monoisotopic (exact) mass is 994 g/mol. The summed E-state index contributed by atoms with van der Waals surface area (Å²) in [6.07, 6.45) is 0.977. The van der Waals surface area contributed by atoms with Crippen LogP contribution >= 0.6 is 0 Å². The Morgan fingerprint density at radius 3 is 0.885 bits per heavy atom. The van der Waals surface area contributed by atoms with Crippen LogP contribution in [0.2, 0.25) is 0 Å². The standard InChI is InChI=1S/C77H54O/c1-6-76(4)69-39-49(48-22-30-56-55-29-21-47(37-67(55)75(2,3)68(56)38-48)45-19-27-53-61-15-7-11-43-13-9-17-63(73(43)61)65(53)35-45)23-31-57(69)58-32-24-50(40-70(58)76)52-26-34-60-59-33-25-51(41-71(59)77(5,78)72(60)42-52)46-20-28-54-62-16-8-12-44-14-10-18-64(74(44)62)66(54)36-46/h7-42,78H,6H2,1-5H3. The quantitative estimate of drug-likeness (QED) is 0.182. The lowest BCUT2D eigenvalue weighted by atomic mass is 9.76. The van der Waals surface area contributed by atoms with Gasteiger partial charge >= 0.3 is 0 Å². The van der Waals surface area contributed by atoms with Gasteiger partial charge < -0.3 is 5.11 Å². The van der Waals surface area contributed by atoms with E-state index in [4.69, 9.17) is 0 Å². The van der Waals surface area contributed by atoms with Crippen molar-refractivity contribution in [2.75, 3.05) is 0 Å². The molecule has 78 heavy (non-hydrogen) atoms. The Morgan fingerprint density at radius 1 is 0.269 bits per heavy atom. The lowest BCUT2D eigenvalue weighted by Gasteiger charge is -2.27. The van der Waals surface area contributed by atoms with Crippen LogP contribution in [0.15, 0.2) is 218 Å². The Morgan fingerprint density at radius 2 is 0.538 bits per heavy atom. The van der Waals surface area contributed by atoms with E-state index in [1.54, 1.807) is 0 Å². The molecule has 0 aliphatic heterocycles. The highest BCUT2D eigenvalue weighted by Gasteiger charge is 2.41. The first-order valence-electron chi connectivity index (χ1n) is 27.9. The fraction of sp³-hybridized carbons (Fsp3) is 0.117. The highest BCUT2D eigenvalue weighted by atomic mass is 16.3. The third kappa shape index (κ3) is 5.74. The Kier molecular flexibility index (Phi) is 8.62. The van der Waals surface area contributed by atoms with Crippen molar-refractivity contribution >= 4 is 21.5 Å². The molecule has 0 radical (unpaired) electrons. The first-order chi connectivity index (χ1) is 38.0. The molecule has 0 saturated heterocycles. The maximum Gasteiger partial charge on any atom is 0.113 e. The van der Waals surface area contributed by atoms with Gasteiger partial charge in [-0.3, -0.25) is 0 Å². The summed E-state index contributed by atoms with van der Waals surface area (Å²) in [5, 5.41) is 17.9. The Labute approximate surface area is 455 Å². The van der Waals surface area contributed by atoms with Gasteiger partial charge in [-0.1, -0.05) is 198 Å². The molecule has 12 aromatic rings. The van der Waals surface area contributed by atoms with E-state index in [1.165, 1.54) is 138 Å². The van der Waals surface area contributed by atoms with Gasteiger partial charge in [0.2, 0.25) is 0 Å². The van der Waals surface area contributed by atoms with E-state index in [1.807, 2.05) is 6.92 Å². The number of aliphatic hydroxyl groups is 1. The second-order valence-corrected chi connectivity index (χ2v) is 23.9. The van der Waals surface area contributed by atoms with Crippen molar-refractivity contribution in [2.24, 2.45) is 0 Å². The van der Waals surface area contributed by atoms with Crippen LogP contribution < -0.4 is 0 Å². The molecule has 0 spiro atoms. The molecule has 0 heterocycles. The highest BCUT2D eigenvalue weighted by molar-refractivity contribution is 6.17. The van der Waals surface area contributed by atoms with Crippen molar-refractivity contribution in [3.8, 4) is 122 Å². The summed E-state index contributed by atoms with van der Waals surface area (Å²) in [7, 11) is 0. The van der Waals surface area contributed by atoms with Crippen LogP contribution in [0, 0.1) is 0 Å². The molecule has 2 unspecified atom stereocenters. The summed E-state index contributed by atoms with van der Waals surface area (Å²) in [5.41, 5.74) is 33.6. The number of benzene rings is 12. The van der Waals surface area contributed by atoms with Crippen molar-refractivity contribution in [1.29, 1.82) is 0 Å². The molecule has 1 N–H and O–H groups in total. The van der Waals surface area contributed by atoms with Gasteiger partial charge in [-0.05, 0) is 239 Å². The van der Waals surface area contributed by atoms with E-state index in [9.17, 15) is 5.11 Å². The summed E-state index contributed by atoms with van der Waals surface area (Å²) in [6.45, 7) is 11.6. The molecular formula is C77H54O. The van der Waals surface area contributed by atoms with Crippen LogP contribution in [-0.4, -0.2) is 5.11 Å². The smallest absolute Gasteiger partial charge is 0.113 e. The molecule has 1 nitrogen and oxygen atoms in total. The predicted octanol–water partition coefficient (Wildman–Crippen LogP) is 20.2. The second-order valence-electron chi connectivity index (χ2n) is 23.9. The zero-order valence-corrected chi connectivity index (χ0v) is 44.4. The molecule has 1 heteroatoms. The molecular weight excluding hydrogens is 941 g/mol. The Hall–Kier alpha value is -8.88. The number of hydrogen-bond acceptors (Lipinski definition) is 1. The van der Waals surface area contributed by atoms with E-state index in [2.05, 4.69) is 246 Å². The normalized spacial score (nSPS) is 17.6. The minimum absolute atomic E-state index is 0.167. The van der Waals surface area contributed by atoms with Gasteiger partial charge in [0.25, 0.3) is 0 Å². The summed E-state index contributed by atoms with van der Waals surface area (Å²) < 4.78 is 0. The molecule has 12 aromatic carbocycles. The highest BCUT2D eigenvalue weighted by Crippen LogP contribution is 2.57. The van der Waals surface area contributed by atoms with E-state index >= 15 is 0 Å². The van der Waals surface area contributed by atoms with Gasteiger partial charge in [0.05, 0.1) is 0 Å². The Balaban J connectivity index is 0.664. The van der Waals surface area contributed by atoms with E-state index in [-0.39, 0.29) is 10.8 Å². The molecule has 0 fully saturated rings. The molecule has 0 bridgehead atoms. The lowest BCUT2D eigenvalue weighted by molar-refractivity contribution is 0.107. The van der Waals surface area contributed by atoms with Crippen molar-refractivity contribution in [2.45, 2.75) is 57.5 Å². The maximum absolute atomic E-state index is 12.6. The molecule has 5 aliphatic rings. The first-order valence-corrected chi connectivity index (χ1v) is 27.9. The molecule has 17 rings (SSSR count). The fourth-order valence-corrected chi connectivity index (χ4v) is 15.3. The lowest BCUT2D eigenvalue weighted by Crippen LogP contribution is -2.19. The largest absolute Gasteiger partial charge is 0.381 e. The third-order valence-electron chi connectivity index (χ3n) is 19.6. The molecule has 368 valence electrons. The average molecular weight is 995 g/mol. The van der Waals surface area contributed by atoms with Crippen LogP contribution in [0.25, 0.3) is 144 Å². The SMILES string of the molecule is CCC1(C)c2cc(-c3ccc4c(c3)C(C)(C)c3cc(-c5ccc6c(c5)-c5cccc7cccc-6c57)ccc3-4)ccc2-c2ccc(-c3ccc4c(c3)C(C)(O)c3cc(-c5ccc6c(c5)-c5cccc7cccc-6c57)ccc3-4)cc21. The van der Waals surface area contributed by atoms with Gasteiger partial charge in [-0.15, -0.1) is 0 Å². The van der Waals surface area contributed by atoms with E-state index in [0.717, 1.165) is 45.4 Å². The topological polar surface area (TPSA) is 20.2 Å². The van der Waals surface area contributed by atoms with Crippen molar-refractivity contribution in [1.82, 2.24) is 0 Å². The summed E-state index contributed by atoms with van der Waals surface area (Å²) in [4.78, 5) is 0. The summed E-state index contributed by atoms with van der Waals surface area (Å²) in [6, 6.07) is 82.6.